The topological polar surface area (TPSA) is 54.0 Å². The van der Waals surface area contributed by atoms with Crippen LogP contribution in [-0.4, -0.2) is 10.9 Å². The molecule has 1 aromatic heterocycles. The summed E-state index contributed by atoms with van der Waals surface area (Å²) in [6.07, 6.45) is 0. The lowest BCUT2D eigenvalue weighted by atomic mass is 10.1. The summed E-state index contributed by atoms with van der Waals surface area (Å²) in [5.41, 5.74) is 6.68. The summed E-state index contributed by atoms with van der Waals surface area (Å²) in [7, 11) is 0. The highest BCUT2D eigenvalue weighted by Crippen LogP contribution is 2.28. The van der Waals surface area contributed by atoms with Crippen LogP contribution in [0, 0.1) is 13.8 Å². The molecule has 1 amide bonds. The third kappa shape index (κ3) is 4.45. The number of carbonyl (C=O) groups is 1. The molecule has 0 spiro atoms. The van der Waals surface area contributed by atoms with Crippen molar-refractivity contribution in [2.45, 2.75) is 27.3 Å². The summed E-state index contributed by atoms with van der Waals surface area (Å²) < 4.78 is 0. The van der Waals surface area contributed by atoms with Gasteiger partial charge in [0.05, 0.1) is 5.69 Å². The van der Waals surface area contributed by atoms with Crippen LogP contribution in [0.4, 0.5) is 10.8 Å². The molecular formula is C20H21N3OS. The van der Waals surface area contributed by atoms with Gasteiger partial charge in [-0.15, -0.1) is 11.3 Å². The maximum absolute atomic E-state index is 11.0. The van der Waals surface area contributed by atoms with Crippen molar-refractivity contribution in [1.29, 1.82) is 0 Å². The smallest absolute Gasteiger partial charge is 0.217 e. The highest BCUT2D eigenvalue weighted by molar-refractivity contribution is 7.14. The Balaban J connectivity index is 1.70. The largest absolute Gasteiger partial charge is 0.352 e. The number of hydrogen-bond acceptors (Lipinski definition) is 4. The molecule has 0 saturated heterocycles. The maximum Gasteiger partial charge on any atom is 0.217 e. The number of amides is 1. The van der Waals surface area contributed by atoms with E-state index in [4.69, 9.17) is 0 Å². The standard InChI is InChI=1S/C20H21N3OS/c1-13-4-9-18(10-14(13)2)22-20-23-19(12-25-20)17-7-5-16(6-8-17)11-21-15(3)24/h4-10,12H,11H2,1-3H3,(H,21,24)(H,22,23). The zero-order valence-corrected chi connectivity index (χ0v) is 15.4. The van der Waals surface area contributed by atoms with Crippen LogP contribution >= 0.6 is 11.3 Å². The molecule has 0 aliphatic rings. The van der Waals surface area contributed by atoms with Gasteiger partial charge in [0, 0.05) is 30.1 Å². The summed E-state index contributed by atoms with van der Waals surface area (Å²) in [6.45, 7) is 6.28. The van der Waals surface area contributed by atoms with Gasteiger partial charge in [-0.2, -0.15) is 0 Å². The van der Waals surface area contributed by atoms with E-state index in [9.17, 15) is 4.79 Å². The molecule has 0 radical (unpaired) electrons. The summed E-state index contributed by atoms with van der Waals surface area (Å²) in [6, 6.07) is 14.4. The average molecular weight is 351 g/mol. The predicted molar refractivity (Wildman–Crippen MR) is 104 cm³/mol. The van der Waals surface area contributed by atoms with Gasteiger partial charge in [-0.05, 0) is 42.7 Å². The maximum atomic E-state index is 11.0. The van der Waals surface area contributed by atoms with Gasteiger partial charge in [0.25, 0.3) is 0 Å². The van der Waals surface area contributed by atoms with Gasteiger partial charge in [0.15, 0.2) is 5.13 Å². The molecule has 0 bridgehead atoms. The molecule has 3 rings (SSSR count). The molecule has 1 heterocycles. The van der Waals surface area contributed by atoms with Gasteiger partial charge in [0.1, 0.15) is 0 Å². The fourth-order valence-electron chi connectivity index (χ4n) is 2.43. The number of hydrogen-bond donors (Lipinski definition) is 2. The van der Waals surface area contributed by atoms with Crippen molar-refractivity contribution in [3.63, 3.8) is 0 Å². The van der Waals surface area contributed by atoms with Gasteiger partial charge in [-0.3, -0.25) is 4.79 Å². The second-order valence-corrected chi connectivity index (χ2v) is 6.93. The zero-order chi connectivity index (χ0) is 17.8. The van der Waals surface area contributed by atoms with E-state index in [1.807, 2.05) is 29.6 Å². The van der Waals surface area contributed by atoms with Crippen molar-refractivity contribution in [2.75, 3.05) is 5.32 Å². The number of aromatic nitrogens is 1. The van der Waals surface area contributed by atoms with Crippen molar-refractivity contribution in [3.8, 4) is 11.3 Å². The van der Waals surface area contributed by atoms with Gasteiger partial charge < -0.3 is 10.6 Å². The first-order valence-corrected chi connectivity index (χ1v) is 9.03. The molecular weight excluding hydrogens is 330 g/mol. The Morgan fingerprint density at radius 1 is 1.08 bits per heavy atom. The lowest BCUT2D eigenvalue weighted by molar-refractivity contribution is -0.119. The van der Waals surface area contributed by atoms with E-state index in [2.05, 4.69) is 47.7 Å². The lowest BCUT2D eigenvalue weighted by Gasteiger charge is -2.06. The quantitative estimate of drug-likeness (QED) is 0.694. The van der Waals surface area contributed by atoms with E-state index < -0.39 is 0 Å². The molecule has 0 fully saturated rings. The fraction of sp³-hybridized carbons (Fsp3) is 0.200. The molecule has 2 aromatic carbocycles. The third-order valence-electron chi connectivity index (χ3n) is 4.05. The number of thiazole rings is 1. The number of nitrogens with zero attached hydrogens (tertiary/aromatic N) is 1. The zero-order valence-electron chi connectivity index (χ0n) is 14.6. The molecule has 0 unspecified atom stereocenters. The monoisotopic (exact) mass is 351 g/mol. The number of anilines is 2. The molecule has 25 heavy (non-hydrogen) atoms. The minimum absolute atomic E-state index is 0.0226. The van der Waals surface area contributed by atoms with E-state index in [0.29, 0.717) is 6.54 Å². The first-order valence-electron chi connectivity index (χ1n) is 8.15. The van der Waals surface area contributed by atoms with Gasteiger partial charge in [-0.1, -0.05) is 30.3 Å². The predicted octanol–water partition coefficient (Wildman–Crippen LogP) is 4.81. The normalized spacial score (nSPS) is 10.5. The molecule has 5 heteroatoms. The molecule has 128 valence electrons. The summed E-state index contributed by atoms with van der Waals surface area (Å²) in [5, 5.41) is 9.09. The van der Waals surface area contributed by atoms with Crippen LogP contribution in [0.2, 0.25) is 0 Å². The van der Waals surface area contributed by atoms with Crippen LogP contribution in [0.1, 0.15) is 23.6 Å². The van der Waals surface area contributed by atoms with Crippen LogP contribution < -0.4 is 10.6 Å². The summed E-state index contributed by atoms with van der Waals surface area (Å²) in [4.78, 5) is 15.6. The van der Waals surface area contributed by atoms with E-state index in [1.165, 1.54) is 18.1 Å². The van der Waals surface area contributed by atoms with Crippen LogP contribution in [0.25, 0.3) is 11.3 Å². The minimum atomic E-state index is -0.0226. The van der Waals surface area contributed by atoms with Gasteiger partial charge in [0.2, 0.25) is 5.91 Å². The number of rotatable bonds is 5. The van der Waals surface area contributed by atoms with Crippen molar-refractivity contribution in [2.24, 2.45) is 0 Å². The molecule has 2 N–H and O–H groups in total. The fourth-order valence-corrected chi connectivity index (χ4v) is 3.17. The van der Waals surface area contributed by atoms with Crippen molar-refractivity contribution < 1.29 is 4.79 Å². The van der Waals surface area contributed by atoms with Crippen molar-refractivity contribution >= 4 is 28.1 Å². The highest BCUT2D eigenvalue weighted by Gasteiger charge is 2.06. The Bertz CT molecular complexity index is 884. The Hall–Kier alpha value is -2.66. The Morgan fingerprint density at radius 3 is 2.52 bits per heavy atom. The van der Waals surface area contributed by atoms with Crippen LogP contribution in [0.5, 0.6) is 0 Å². The molecule has 4 nitrogen and oxygen atoms in total. The molecule has 0 aliphatic heterocycles. The lowest BCUT2D eigenvalue weighted by Crippen LogP contribution is -2.18. The van der Waals surface area contributed by atoms with E-state index in [0.717, 1.165) is 27.6 Å². The summed E-state index contributed by atoms with van der Waals surface area (Å²) in [5.74, 6) is -0.0226. The average Bonchev–Trinajstić information content (AvgIpc) is 3.05. The van der Waals surface area contributed by atoms with Gasteiger partial charge in [-0.25, -0.2) is 4.98 Å². The molecule has 0 saturated carbocycles. The molecule has 0 aliphatic carbocycles. The first-order chi connectivity index (χ1) is 12.0. The first kappa shape index (κ1) is 17.2. The van der Waals surface area contributed by atoms with Crippen LogP contribution in [0.3, 0.4) is 0 Å². The number of aryl methyl sites for hydroxylation is 2. The second kappa shape index (κ2) is 7.49. The number of carbonyl (C=O) groups excluding carboxylic acids is 1. The van der Waals surface area contributed by atoms with Crippen molar-refractivity contribution in [1.82, 2.24) is 10.3 Å². The second-order valence-electron chi connectivity index (χ2n) is 6.07. The number of benzene rings is 2. The van der Waals surface area contributed by atoms with Gasteiger partial charge >= 0.3 is 0 Å². The number of nitrogens with one attached hydrogen (secondary N) is 2. The molecule has 3 aromatic rings. The van der Waals surface area contributed by atoms with Crippen molar-refractivity contribution in [3.05, 3.63) is 64.5 Å². The van der Waals surface area contributed by atoms with E-state index >= 15 is 0 Å². The van der Waals surface area contributed by atoms with Crippen LogP contribution in [0.15, 0.2) is 47.8 Å². The SMILES string of the molecule is CC(=O)NCc1ccc(-c2csc(Nc3ccc(C)c(C)c3)n2)cc1. The van der Waals surface area contributed by atoms with Crippen LogP contribution in [-0.2, 0) is 11.3 Å². The van der Waals surface area contributed by atoms with E-state index in [-0.39, 0.29) is 5.91 Å². The Kier molecular flexibility index (Phi) is 5.14. The van der Waals surface area contributed by atoms with E-state index in [1.54, 1.807) is 11.3 Å². The minimum Gasteiger partial charge on any atom is -0.352 e. The Morgan fingerprint density at radius 2 is 1.84 bits per heavy atom. The molecule has 0 atom stereocenters. The summed E-state index contributed by atoms with van der Waals surface area (Å²) >= 11 is 1.59. The highest BCUT2D eigenvalue weighted by atomic mass is 32.1. The third-order valence-corrected chi connectivity index (χ3v) is 4.81. The Labute approximate surface area is 151 Å².